The normalized spacial score (nSPS) is 11.9. The summed E-state index contributed by atoms with van der Waals surface area (Å²) in [4.78, 5) is 0. The number of nitrogens with one attached hydrogen (secondary N) is 2. The van der Waals surface area contributed by atoms with Crippen molar-refractivity contribution in [2.45, 2.75) is 38.0 Å². The summed E-state index contributed by atoms with van der Waals surface area (Å²) in [6.07, 6.45) is 3.66. The van der Waals surface area contributed by atoms with Gasteiger partial charge in [-0.25, -0.2) is 0 Å². The van der Waals surface area contributed by atoms with Crippen molar-refractivity contribution < 1.29 is 10.0 Å². The van der Waals surface area contributed by atoms with E-state index in [-0.39, 0.29) is 6.04 Å². The summed E-state index contributed by atoms with van der Waals surface area (Å²) < 4.78 is 0. The van der Waals surface area contributed by atoms with E-state index < -0.39 is 7.12 Å². The lowest BCUT2D eigenvalue weighted by Gasteiger charge is -2.14. The van der Waals surface area contributed by atoms with E-state index in [2.05, 4.69) is 10.6 Å². The SMILES string of the molecule is NC(CCCCB(O)O)CCNC(=S)Nc1ccc(Cl)c(Cl)c1. The smallest absolute Gasteiger partial charge is 0.427 e. The van der Waals surface area contributed by atoms with Crippen LogP contribution in [0.5, 0.6) is 0 Å². The molecule has 0 aliphatic heterocycles. The summed E-state index contributed by atoms with van der Waals surface area (Å²) in [7, 11) is -1.22. The minimum Gasteiger partial charge on any atom is -0.427 e. The molecule has 0 aromatic heterocycles. The van der Waals surface area contributed by atoms with Gasteiger partial charge in [-0.15, -0.1) is 0 Å². The zero-order valence-corrected chi connectivity index (χ0v) is 15.1. The largest absolute Gasteiger partial charge is 0.451 e. The topological polar surface area (TPSA) is 90.5 Å². The lowest BCUT2D eigenvalue weighted by molar-refractivity contribution is 0.400. The van der Waals surface area contributed by atoms with Gasteiger partial charge in [0, 0.05) is 18.3 Å². The predicted molar refractivity (Wildman–Crippen MR) is 102 cm³/mol. The molecule has 0 radical (unpaired) electrons. The second-order valence-corrected chi connectivity index (χ2v) is 6.55. The van der Waals surface area contributed by atoms with Crippen LogP contribution >= 0.6 is 35.4 Å². The molecule has 0 spiro atoms. The van der Waals surface area contributed by atoms with Crippen molar-refractivity contribution >= 4 is 53.3 Å². The van der Waals surface area contributed by atoms with E-state index in [0.717, 1.165) is 31.4 Å². The number of hydrogen-bond acceptors (Lipinski definition) is 4. The van der Waals surface area contributed by atoms with Gasteiger partial charge in [-0.3, -0.25) is 0 Å². The van der Waals surface area contributed by atoms with Crippen molar-refractivity contribution in [1.29, 1.82) is 0 Å². The van der Waals surface area contributed by atoms with Crippen molar-refractivity contribution in [1.82, 2.24) is 5.32 Å². The third-order valence-corrected chi connectivity index (χ3v) is 4.25. The number of rotatable bonds is 9. The van der Waals surface area contributed by atoms with Crippen molar-refractivity contribution in [2.24, 2.45) is 5.73 Å². The van der Waals surface area contributed by atoms with Crippen LogP contribution in [0.15, 0.2) is 18.2 Å². The Balaban J connectivity index is 2.17. The molecule has 0 bridgehead atoms. The minimum absolute atomic E-state index is 0.0612. The van der Waals surface area contributed by atoms with Crippen LogP contribution in [0, 0.1) is 0 Å². The van der Waals surface area contributed by atoms with Crippen LogP contribution in [0.1, 0.15) is 25.7 Å². The standard InChI is InChI=1S/C14H22BCl2N3O2S/c16-12-5-4-11(9-13(12)17)20-14(23)19-8-6-10(18)3-1-2-7-15(21)22/h4-5,9-10,21-22H,1-3,6-8,18H2,(H2,19,20,23). The maximum Gasteiger partial charge on any atom is 0.451 e. The number of unbranched alkanes of at least 4 members (excludes halogenated alkanes) is 1. The van der Waals surface area contributed by atoms with Gasteiger partial charge in [0.05, 0.1) is 10.0 Å². The number of halogens is 2. The van der Waals surface area contributed by atoms with Gasteiger partial charge in [-0.05, 0) is 49.6 Å². The summed E-state index contributed by atoms with van der Waals surface area (Å²) in [5.41, 5.74) is 6.77. The molecule has 1 rings (SSSR count). The maximum atomic E-state index is 8.75. The summed E-state index contributed by atoms with van der Waals surface area (Å²) in [5, 5.41) is 25.1. The number of hydrogen-bond donors (Lipinski definition) is 5. The van der Waals surface area contributed by atoms with Crippen LogP contribution in [0.4, 0.5) is 5.69 Å². The minimum atomic E-state index is -1.22. The highest BCUT2D eigenvalue weighted by Crippen LogP contribution is 2.24. The number of anilines is 1. The maximum absolute atomic E-state index is 8.75. The second kappa shape index (κ2) is 11.1. The number of benzene rings is 1. The lowest BCUT2D eigenvalue weighted by atomic mass is 9.83. The molecule has 1 aromatic carbocycles. The van der Waals surface area contributed by atoms with Crippen molar-refractivity contribution in [3.05, 3.63) is 28.2 Å². The Hall–Kier alpha value is -0.565. The molecule has 9 heteroatoms. The van der Waals surface area contributed by atoms with Gasteiger partial charge in [-0.2, -0.15) is 0 Å². The molecule has 0 amide bonds. The van der Waals surface area contributed by atoms with Gasteiger partial charge in [0.25, 0.3) is 0 Å². The zero-order valence-electron chi connectivity index (χ0n) is 12.8. The third kappa shape index (κ3) is 9.34. The Morgan fingerprint density at radius 2 is 1.96 bits per heavy atom. The summed E-state index contributed by atoms with van der Waals surface area (Å²) in [5.74, 6) is 0. The molecule has 1 atom stereocenters. The summed E-state index contributed by atoms with van der Waals surface area (Å²) in [6, 6.07) is 5.27. The molecular formula is C14H22BCl2N3O2S. The molecule has 0 aliphatic rings. The fourth-order valence-electron chi connectivity index (χ4n) is 2.00. The molecule has 0 saturated heterocycles. The molecule has 0 saturated carbocycles. The van der Waals surface area contributed by atoms with Gasteiger partial charge in [-0.1, -0.05) is 36.0 Å². The average molecular weight is 378 g/mol. The van der Waals surface area contributed by atoms with Gasteiger partial charge in [0.2, 0.25) is 0 Å². The van der Waals surface area contributed by atoms with Crippen molar-refractivity contribution in [3.63, 3.8) is 0 Å². The van der Waals surface area contributed by atoms with Crippen LogP contribution < -0.4 is 16.4 Å². The van der Waals surface area contributed by atoms with Crippen LogP contribution in [-0.4, -0.2) is 34.9 Å². The highest BCUT2D eigenvalue weighted by Gasteiger charge is 2.08. The molecule has 0 heterocycles. The fourth-order valence-corrected chi connectivity index (χ4v) is 2.52. The lowest BCUT2D eigenvalue weighted by Crippen LogP contribution is -2.33. The molecule has 23 heavy (non-hydrogen) atoms. The molecular weight excluding hydrogens is 356 g/mol. The zero-order chi connectivity index (χ0) is 17.2. The fraction of sp³-hybridized carbons (Fsp3) is 0.500. The van der Waals surface area contributed by atoms with E-state index >= 15 is 0 Å². The first kappa shape index (κ1) is 20.5. The first-order valence-corrected chi connectivity index (χ1v) is 8.66. The Bertz CT molecular complexity index is 509. The molecule has 128 valence electrons. The van der Waals surface area contributed by atoms with E-state index in [4.69, 9.17) is 51.2 Å². The van der Waals surface area contributed by atoms with E-state index in [0.29, 0.717) is 28.0 Å². The van der Waals surface area contributed by atoms with Gasteiger partial charge >= 0.3 is 7.12 Å². The summed E-state index contributed by atoms with van der Waals surface area (Å²) in [6.45, 7) is 0.664. The second-order valence-electron chi connectivity index (χ2n) is 5.32. The Kier molecular flexibility index (Phi) is 9.86. The van der Waals surface area contributed by atoms with Gasteiger partial charge < -0.3 is 26.4 Å². The van der Waals surface area contributed by atoms with Crippen LogP contribution in [-0.2, 0) is 0 Å². The van der Waals surface area contributed by atoms with E-state index in [9.17, 15) is 0 Å². The van der Waals surface area contributed by atoms with Crippen LogP contribution in [0.25, 0.3) is 0 Å². The molecule has 1 aromatic rings. The van der Waals surface area contributed by atoms with Crippen molar-refractivity contribution in [2.75, 3.05) is 11.9 Å². The van der Waals surface area contributed by atoms with Crippen LogP contribution in [0.2, 0.25) is 16.4 Å². The third-order valence-electron chi connectivity index (χ3n) is 3.27. The van der Waals surface area contributed by atoms with Crippen LogP contribution in [0.3, 0.4) is 0 Å². The quantitative estimate of drug-likeness (QED) is 0.258. The predicted octanol–water partition coefficient (Wildman–Crippen LogP) is 2.64. The van der Waals surface area contributed by atoms with E-state index in [1.54, 1.807) is 18.2 Å². The van der Waals surface area contributed by atoms with E-state index in [1.807, 2.05) is 0 Å². The Morgan fingerprint density at radius 3 is 2.61 bits per heavy atom. The number of nitrogens with two attached hydrogens (primary N) is 1. The molecule has 5 nitrogen and oxygen atoms in total. The molecule has 6 N–H and O–H groups in total. The highest BCUT2D eigenvalue weighted by molar-refractivity contribution is 7.80. The molecule has 1 unspecified atom stereocenters. The Labute approximate surface area is 152 Å². The molecule has 0 fully saturated rings. The van der Waals surface area contributed by atoms with E-state index in [1.165, 1.54) is 0 Å². The molecule has 0 aliphatic carbocycles. The van der Waals surface area contributed by atoms with Gasteiger partial charge in [0.1, 0.15) is 0 Å². The average Bonchev–Trinajstić information content (AvgIpc) is 2.47. The monoisotopic (exact) mass is 377 g/mol. The highest BCUT2D eigenvalue weighted by atomic mass is 35.5. The number of thiocarbonyl (C=S) groups is 1. The first-order chi connectivity index (χ1) is 10.9. The first-order valence-electron chi connectivity index (χ1n) is 7.50. The summed E-state index contributed by atoms with van der Waals surface area (Å²) >= 11 is 17.0. The Morgan fingerprint density at radius 1 is 1.22 bits per heavy atom. The van der Waals surface area contributed by atoms with Gasteiger partial charge in [0.15, 0.2) is 5.11 Å². The van der Waals surface area contributed by atoms with Crippen molar-refractivity contribution in [3.8, 4) is 0 Å².